The second kappa shape index (κ2) is 11.5. The summed E-state index contributed by atoms with van der Waals surface area (Å²) < 4.78 is 40.5. The first-order valence-corrected chi connectivity index (χ1v) is 12.1. The Bertz CT molecular complexity index is 1250. The molecule has 0 bridgehead atoms. The third-order valence-electron chi connectivity index (χ3n) is 4.59. The van der Waals surface area contributed by atoms with Crippen molar-refractivity contribution in [2.75, 3.05) is 11.1 Å². The fourth-order valence-corrected chi connectivity index (χ4v) is 4.40. The molecular weight excluding hydrogens is 550 g/mol. The molecule has 2 N–H and O–H groups in total. The van der Waals surface area contributed by atoms with E-state index in [0.717, 1.165) is 30.0 Å². The van der Waals surface area contributed by atoms with Gasteiger partial charge in [0.15, 0.2) is 11.0 Å². The van der Waals surface area contributed by atoms with Gasteiger partial charge in [0.2, 0.25) is 5.91 Å². The van der Waals surface area contributed by atoms with Gasteiger partial charge < -0.3 is 15.2 Å². The molecule has 3 aromatic rings. The molecule has 7 nitrogen and oxygen atoms in total. The van der Waals surface area contributed by atoms with Gasteiger partial charge in [-0.2, -0.15) is 13.2 Å². The highest BCUT2D eigenvalue weighted by atomic mass is 35.5. The normalized spacial score (nSPS) is 11.4. The molecule has 35 heavy (non-hydrogen) atoms. The second-order valence-corrected chi connectivity index (χ2v) is 9.17. The minimum absolute atomic E-state index is 0.0214. The van der Waals surface area contributed by atoms with Crippen LogP contribution < -0.4 is 10.6 Å². The molecule has 0 saturated heterocycles. The third-order valence-corrected chi connectivity index (χ3v) is 6.44. The Morgan fingerprint density at radius 3 is 2.46 bits per heavy atom. The molecule has 0 aliphatic heterocycles. The first-order chi connectivity index (χ1) is 16.5. The van der Waals surface area contributed by atoms with E-state index in [-0.39, 0.29) is 33.6 Å². The zero-order chi connectivity index (χ0) is 25.8. The van der Waals surface area contributed by atoms with Crippen LogP contribution in [0.5, 0.6) is 0 Å². The Kier molecular flexibility index (Phi) is 8.92. The van der Waals surface area contributed by atoms with Gasteiger partial charge in [-0.25, -0.2) is 0 Å². The summed E-state index contributed by atoms with van der Waals surface area (Å²) in [6.07, 6.45) is -4.57. The van der Waals surface area contributed by atoms with Gasteiger partial charge in [-0.05, 0) is 43.3 Å². The number of amides is 2. The van der Waals surface area contributed by atoms with Crippen LogP contribution in [0.4, 0.5) is 18.9 Å². The van der Waals surface area contributed by atoms with E-state index in [2.05, 4.69) is 20.8 Å². The van der Waals surface area contributed by atoms with Crippen LogP contribution in [-0.4, -0.2) is 32.3 Å². The molecule has 0 fully saturated rings. The van der Waals surface area contributed by atoms with E-state index in [1.165, 1.54) is 12.1 Å². The van der Waals surface area contributed by atoms with Crippen molar-refractivity contribution in [3.8, 4) is 0 Å². The van der Waals surface area contributed by atoms with E-state index < -0.39 is 23.6 Å². The average Bonchev–Trinajstić information content (AvgIpc) is 3.18. The summed E-state index contributed by atoms with van der Waals surface area (Å²) in [5.41, 5.74) is -0.825. The van der Waals surface area contributed by atoms with Gasteiger partial charge in [0, 0.05) is 11.6 Å². The number of nitrogens with zero attached hydrogens (tertiary/aromatic N) is 3. The van der Waals surface area contributed by atoms with Crippen LogP contribution in [0.25, 0.3) is 0 Å². The predicted molar refractivity (Wildman–Crippen MR) is 129 cm³/mol. The molecule has 2 aromatic carbocycles. The van der Waals surface area contributed by atoms with Crippen LogP contribution in [0, 0.1) is 0 Å². The molecule has 2 amide bonds. The van der Waals surface area contributed by atoms with Gasteiger partial charge >= 0.3 is 6.18 Å². The third kappa shape index (κ3) is 7.03. The van der Waals surface area contributed by atoms with Crippen LogP contribution in [0.15, 0.2) is 41.6 Å². The van der Waals surface area contributed by atoms with Crippen LogP contribution >= 0.6 is 46.6 Å². The number of nitrogens with one attached hydrogen (secondary N) is 2. The number of thioether (sulfide) groups is 1. The van der Waals surface area contributed by atoms with Crippen LogP contribution in [0.2, 0.25) is 15.1 Å². The Labute approximate surface area is 217 Å². The zero-order valence-electron chi connectivity index (χ0n) is 17.9. The Balaban J connectivity index is 1.61. The lowest BCUT2D eigenvalue weighted by Crippen LogP contribution is -2.25. The van der Waals surface area contributed by atoms with E-state index >= 15 is 0 Å². The Morgan fingerprint density at radius 2 is 1.80 bits per heavy atom. The highest BCUT2D eigenvalue weighted by molar-refractivity contribution is 7.99. The molecule has 1 heterocycles. The van der Waals surface area contributed by atoms with Crippen molar-refractivity contribution in [1.29, 1.82) is 0 Å². The van der Waals surface area contributed by atoms with Crippen molar-refractivity contribution in [2.24, 2.45) is 0 Å². The lowest BCUT2D eigenvalue weighted by Gasteiger charge is -2.12. The molecule has 0 aliphatic carbocycles. The van der Waals surface area contributed by atoms with Crippen molar-refractivity contribution in [2.45, 2.75) is 31.3 Å². The summed E-state index contributed by atoms with van der Waals surface area (Å²) in [6, 6.07) is 7.17. The molecule has 0 aliphatic rings. The molecule has 186 valence electrons. The molecule has 0 atom stereocenters. The number of carbonyl (C=O) groups excluding carboxylic acids is 2. The first-order valence-electron chi connectivity index (χ1n) is 9.94. The van der Waals surface area contributed by atoms with E-state index in [4.69, 9.17) is 34.8 Å². The summed E-state index contributed by atoms with van der Waals surface area (Å²) in [7, 11) is 0. The van der Waals surface area contributed by atoms with Crippen LogP contribution in [-0.2, 0) is 24.1 Å². The van der Waals surface area contributed by atoms with Gasteiger partial charge in [-0.15, -0.1) is 10.2 Å². The van der Waals surface area contributed by atoms with E-state index in [1.54, 1.807) is 10.6 Å². The van der Waals surface area contributed by atoms with Crippen LogP contribution in [0.1, 0.15) is 28.7 Å². The summed E-state index contributed by atoms with van der Waals surface area (Å²) in [5, 5.41) is 14.1. The largest absolute Gasteiger partial charge is 0.416 e. The number of benzene rings is 2. The number of carbonyl (C=O) groups is 2. The highest BCUT2D eigenvalue weighted by Crippen LogP contribution is 2.34. The fraction of sp³-hybridized carbons (Fsp3) is 0.238. The smallest absolute Gasteiger partial charge is 0.345 e. The molecule has 0 radical (unpaired) electrons. The molecular formula is C21H17Cl3F3N5O2S. The Hall–Kier alpha value is -2.47. The van der Waals surface area contributed by atoms with Crippen molar-refractivity contribution in [1.82, 2.24) is 20.1 Å². The summed E-state index contributed by atoms with van der Waals surface area (Å²) in [5.74, 6) is -0.718. The topological polar surface area (TPSA) is 88.9 Å². The maximum absolute atomic E-state index is 12.9. The Morgan fingerprint density at radius 1 is 1.06 bits per heavy atom. The second-order valence-electron chi connectivity index (χ2n) is 6.98. The molecule has 0 spiro atoms. The summed E-state index contributed by atoms with van der Waals surface area (Å²) >= 11 is 18.9. The lowest BCUT2D eigenvalue weighted by molar-refractivity contribution is -0.137. The summed E-state index contributed by atoms with van der Waals surface area (Å²) in [4.78, 5) is 24.7. The molecule has 1 aromatic heterocycles. The minimum Gasteiger partial charge on any atom is -0.345 e. The van der Waals surface area contributed by atoms with Gasteiger partial charge in [-0.1, -0.05) is 46.6 Å². The molecule has 0 unspecified atom stereocenters. The van der Waals surface area contributed by atoms with Crippen molar-refractivity contribution in [3.63, 3.8) is 0 Å². The van der Waals surface area contributed by atoms with Crippen molar-refractivity contribution < 1.29 is 22.8 Å². The quantitative estimate of drug-likeness (QED) is 0.330. The van der Waals surface area contributed by atoms with Crippen molar-refractivity contribution >= 4 is 64.1 Å². The van der Waals surface area contributed by atoms with Gasteiger partial charge in [0.1, 0.15) is 0 Å². The molecule has 0 saturated carbocycles. The molecule has 14 heteroatoms. The number of hydrogen-bond donors (Lipinski definition) is 2. The minimum atomic E-state index is -4.57. The number of alkyl halides is 3. The van der Waals surface area contributed by atoms with Crippen LogP contribution in [0.3, 0.4) is 0 Å². The zero-order valence-corrected chi connectivity index (χ0v) is 21.0. The number of rotatable bonds is 8. The lowest BCUT2D eigenvalue weighted by atomic mass is 10.2. The summed E-state index contributed by atoms with van der Waals surface area (Å²) in [6.45, 7) is 2.33. The maximum Gasteiger partial charge on any atom is 0.416 e. The van der Waals surface area contributed by atoms with E-state index in [0.29, 0.717) is 22.5 Å². The number of hydrogen-bond acceptors (Lipinski definition) is 5. The highest BCUT2D eigenvalue weighted by Gasteiger charge is 2.31. The number of halogens is 6. The first kappa shape index (κ1) is 27.1. The van der Waals surface area contributed by atoms with E-state index in [9.17, 15) is 22.8 Å². The maximum atomic E-state index is 12.9. The molecule has 3 rings (SSSR count). The van der Waals surface area contributed by atoms with E-state index in [1.807, 2.05) is 6.92 Å². The van der Waals surface area contributed by atoms with Crippen molar-refractivity contribution in [3.05, 3.63) is 68.4 Å². The van der Waals surface area contributed by atoms with Gasteiger partial charge in [-0.3, -0.25) is 9.59 Å². The number of anilines is 1. The SMILES string of the molecule is CCn1c(CNC(=O)c2ccc(Cl)cc2Cl)nnc1SCC(=O)Nc1cc(C(F)(F)F)ccc1Cl. The monoisotopic (exact) mass is 565 g/mol. The van der Waals surface area contributed by atoms with Gasteiger partial charge in [0.05, 0.1) is 39.2 Å². The number of aromatic nitrogens is 3. The van der Waals surface area contributed by atoms with Gasteiger partial charge in [0.25, 0.3) is 5.91 Å². The standard InChI is InChI=1S/C21H17Cl3F3N5O2S/c1-2-32-17(9-28-19(34)13-5-4-12(22)8-15(13)24)30-31-20(32)35-10-18(33)29-16-7-11(21(25,26)27)3-6-14(16)23/h3-8H,2,9-10H2,1H3,(H,28,34)(H,29,33). The fourth-order valence-electron chi connectivity index (χ4n) is 2.92. The predicted octanol–water partition coefficient (Wildman–Crippen LogP) is 5.94. The average molecular weight is 567 g/mol.